The van der Waals surface area contributed by atoms with Gasteiger partial charge in [-0.1, -0.05) is 6.92 Å². The molecule has 0 saturated carbocycles. The topological polar surface area (TPSA) is 41.5 Å². The van der Waals surface area contributed by atoms with E-state index in [1.807, 2.05) is 6.92 Å². The van der Waals surface area contributed by atoms with Crippen LogP contribution in [0.2, 0.25) is 0 Å². The van der Waals surface area contributed by atoms with E-state index in [0.29, 0.717) is 18.5 Å². The van der Waals surface area contributed by atoms with Crippen LogP contribution in [0.5, 0.6) is 5.75 Å². The van der Waals surface area contributed by atoms with Gasteiger partial charge in [-0.3, -0.25) is 0 Å². The molecule has 2 N–H and O–H groups in total. The minimum Gasteiger partial charge on any atom is -0.487 e. The third kappa shape index (κ3) is 5.53. The first-order valence-electron chi connectivity index (χ1n) is 6.37. The molecule has 19 heavy (non-hydrogen) atoms. The second-order valence-electron chi connectivity index (χ2n) is 5.08. The minimum absolute atomic E-state index is 0.0594. The summed E-state index contributed by atoms with van der Waals surface area (Å²) in [6.07, 6.45) is 0.297. The molecule has 0 aliphatic rings. The Balaban J connectivity index is 2.69. The van der Waals surface area contributed by atoms with E-state index in [4.69, 9.17) is 4.74 Å². The standard InChI is InChI=1S/C14H21F2NO2/c1-4-17-9-10-7-11(15)13(12(16)8-10)19-6-5-14(2,3)18/h7-8,17-18H,4-6,9H2,1-3H3. The lowest BCUT2D eigenvalue weighted by Gasteiger charge is -2.17. The van der Waals surface area contributed by atoms with E-state index in [1.54, 1.807) is 13.8 Å². The molecule has 1 rings (SSSR count). The van der Waals surface area contributed by atoms with Gasteiger partial charge in [0.2, 0.25) is 0 Å². The van der Waals surface area contributed by atoms with Crippen molar-refractivity contribution >= 4 is 0 Å². The molecule has 0 amide bonds. The number of aliphatic hydroxyl groups is 1. The zero-order valence-electron chi connectivity index (χ0n) is 11.6. The van der Waals surface area contributed by atoms with Gasteiger partial charge in [-0.25, -0.2) is 8.78 Å². The maximum Gasteiger partial charge on any atom is 0.190 e. The maximum absolute atomic E-state index is 13.7. The van der Waals surface area contributed by atoms with Crippen LogP contribution in [0.4, 0.5) is 8.78 Å². The van der Waals surface area contributed by atoms with Gasteiger partial charge >= 0.3 is 0 Å². The Morgan fingerprint density at radius 1 is 1.26 bits per heavy atom. The Kier molecular flexibility index (Phi) is 5.69. The minimum atomic E-state index is -0.919. The third-order valence-electron chi connectivity index (χ3n) is 2.60. The van der Waals surface area contributed by atoms with Crippen molar-refractivity contribution in [3.05, 3.63) is 29.3 Å². The van der Waals surface area contributed by atoms with E-state index >= 15 is 0 Å². The lowest BCUT2D eigenvalue weighted by molar-refractivity contribution is 0.0540. The highest BCUT2D eigenvalue weighted by Crippen LogP contribution is 2.24. The monoisotopic (exact) mass is 273 g/mol. The lowest BCUT2D eigenvalue weighted by Crippen LogP contribution is -2.22. The SMILES string of the molecule is CCNCc1cc(F)c(OCCC(C)(C)O)c(F)c1. The second kappa shape index (κ2) is 6.82. The van der Waals surface area contributed by atoms with Gasteiger partial charge in [0.1, 0.15) is 0 Å². The Morgan fingerprint density at radius 3 is 2.32 bits per heavy atom. The number of halogens is 2. The van der Waals surface area contributed by atoms with Crippen molar-refractivity contribution in [3.8, 4) is 5.75 Å². The molecule has 3 nitrogen and oxygen atoms in total. The van der Waals surface area contributed by atoms with Crippen molar-refractivity contribution in [2.45, 2.75) is 39.3 Å². The van der Waals surface area contributed by atoms with E-state index < -0.39 is 17.2 Å². The highest BCUT2D eigenvalue weighted by atomic mass is 19.1. The van der Waals surface area contributed by atoms with Crippen LogP contribution < -0.4 is 10.1 Å². The molecule has 0 aromatic heterocycles. The van der Waals surface area contributed by atoms with Gasteiger partial charge < -0.3 is 15.2 Å². The number of ether oxygens (including phenoxy) is 1. The summed E-state index contributed by atoms with van der Waals surface area (Å²) < 4.78 is 32.5. The van der Waals surface area contributed by atoms with Crippen LogP contribution in [-0.4, -0.2) is 23.9 Å². The normalized spacial score (nSPS) is 11.7. The van der Waals surface area contributed by atoms with Crippen LogP contribution in [0.25, 0.3) is 0 Å². The molecule has 0 aliphatic carbocycles. The van der Waals surface area contributed by atoms with Gasteiger partial charge in [-0.05, 0) is 38.1 Å². The quantitative estimate of drug-likeness (QED) is 0.802. The van der Waals surface area contributed by atoms with E-state index in [9.17, 15) is 13.9 Å². The van der Waals surface area contributed by atoms with Crippen LogP contribution in [0.1, 0.15) is 32.8 Å². The first kappa shape index (κ1) is 15.9. The summed E-state index contributed by atoms with van der Waals surface area (Å²) in [5, 5.41) is 12.5. The summed E-state index contributed by atoms with van der Waals surface area (Å²) in [4.78, 5) is 0. The van der Waals surface area contributed by atoms with Crippen molar-refractivity contribution < 1.29 is 18.6 Å². The molecule has 0 heterocycles. The Labute approximate surface area is 112 Å². The van der Waals surface area contributed by atoms with Crippen molar-refractivity contribution in [2.24, 2.45) is 0 Å². The molecule has 108 valence electrons. The first-order chi connectivity index (χ1) is 8.83. The number of hydrogen-bond donors (Lipinski definition) is 2. The highest BCUT2D eigenvalue weighted by molar-refractivity contribution is 5.31. The molecule has 0 spiro atoms. The van der Waals surface area contributed by atoms with Gasteiger partial charge in [0.05, 0.1) is 12.2 Å². The van der Waals surface area contributed by atoms with Crippen molar-refractivity contribution in [2.75, 3.05) is 13.2 Å². The predicted molar refractivity (Wildman–Crippen MR) is 70.1 cm³/mol. The van der Waals surface area contributed by atoms with Crippen LogP contribution >= 0.6 is 0 Å². The van der Waals surface area contributed by atoms with Crippen LogP contribution in [0, 0.1) is 11.6 Å². The van der Waals surface area contributed by atoms with Crippen molar-refractivity contribution in [1.82, 2.24) is 5.32 Å². The van der Waals surface area contributed by atoms with Gasteiger partial charge in [-0.2, -0.15) is 0 Å². The average molecular weight is 273 g/mol. The Morgan fingerprint density at radius 2 is 1.84 bits per heavy atom. The molecule has 0 aliphatic heterocycles. The maximum atomic E-state index is 13.7. The molecule has 0 fully saturated rings. The van der Waals surface area contributed by atoms with Crippen molar-refractivity contribution in [3.63, 3.8) is 0 Å². The zero-order valence-corrected chi connectivity index (χ0v) is 11.6. The first-order valence-corrected chi connectivity index (χ1v) is 6.37. The fourth-order valence-corrected chi connectivity index (χ4v) is 1.52. The van der Waals surface area contributed by atoms with Gasteiger partial charge in [0.15, 0.2) is 17.4 Å². The van der Waals surface area contributed by atoms with Gasteiger partial charge in [0, 0.05) is 13.0 Å². The molecule has 0 atom stereocenters. The molecule has 0 radical (unpaired) electrons. The van der Waals surface area contributed by atoms with E-state index in [-0.39, 0.29) is 12.4 Å². The summed E-state index contributed by atoms with van der Waals surface area (Å²) in [6, 6.07) is 2.51. The largest absolute Gasteiger partial charge is 0.487 e. The highest BCUT2D eigenvalue weighted by Gasteiger charge is 2.16. The molecular weight excluding hydrogens is 252 g/mol. The van der Waals surface area contributed by atoms with Gasteiger partial charge in [0.25, 0.3) is 0 Å². The summed E-state index contributed by atoms with van der Waals surface area (Å²) in [5.74, 6) is -1.82. The summed E-state index contributed by atoms with van der Waals surface area (Å²) >= 11 is 0. The van der Waals surface area contributed by atoms with Crippen LogP contribution in [-0.2, 0) is 6.54 Å². The van der Waals surface area contributed by atoms with E-state index in [1.165, 1.54) is 12.1 Å². The molecule has 1 aromatic carbocycles. The summed E-state index contributed by atoms with van der Waals surface area (Å²) in [7, 11) is 0. The number of rotatable bonds is 7. The molecule has 1 aromatic rings. The lowest BCUT2D eigenvalue weighted by atomic mass is 10.1. The van der Waals surface area contributed by atoms with Crippen LogP contribution in [0.15, 0.2) is 12.1 Å². The predicted octanol–water partition coefficient (Wildman–Crippen LogP) is 2.61. The molecule has 0 bridgehead atoms. The molecule has 0 saturated heterocycles. The smallest absolute Gasteiger partial charge is 0.190 e. The fourth-order valence-electron chi connectivity index (χ4n) is 1.52. The Bertz CT molecular complexity index is 393. The Hall–Kier alpha value is -1.20. The number of nitrogens with one attached hydrogen (secondary N) is 1. The average Bonchev–Trinajstić information content (AvgIpc) is 2.28. The van der Waals surface area contributed by atoms with Crippen LogP contribution in [0.3, 0.4) is 0 Å². The third-order valence-corrected chi connectivity index (χ3v) is 2.60. The zero-order chi connectivity index (χ0) is 14.5. The summed E-state index contributed by atoms with van der Waals surface area (Å²) in [5.41, 5.74) is -0.385. The number of benzene rings is 1. The fraction of sp³-hybridized carbons (Fsp3) is 0.571. The van der Waals surface area contributed by atoms with Gasteiger partial charge in [-0.15, -0.1) is 0 Å². The second-order valence-corrected chi connectivity index (χ2v) is 5.08. The molecular formula is C14H21F2NO2. The van der Waals surface area contributed by atoms with Crippen molar-refractivity contribution in [1.29, 1.82) is 0 Å². The van der Waals surface area contributed by atoms with E-state index in [0.717, 1.165) is 6.54 Å². The molecule has 0 unspecified atom stereocenters. The molecule has 5 heteroatoms. The number of hydrogen-bond acceptors (Lipinski definition) is 3. The summed E-state index contributed by atoms with van der Waals surface area (Å²) in [6.45, 7) is 6.34. The van der Waals surface area contributed by atoms with E-state index in [2.05, 4.69) is 5.32 Å².